The highest BCUT2D eigenvalue weighted by atomic mass is 19.4. The Hall–Kier alpha value is -2.77. The van der Waals surface area contributed by atoms with E-state index in [0.29, 0.717) is 24.5 Å². The van der Waals surface area contributed by atoms with Crippen LogP contribution in [-0.2, 0) is 6.18 Å². The average Bonchev–Trinajstić information content (AvgIpc) is 2.64. The molecule has 0 saturated carbocycles. The summed E-state index contributed by atoms with van der Waals surface area (Å²) in [4.78, 5) is 17.5. The quantitative estimate of drug-likeness (QED) is 0.847. The molecule has 1 N–H and O–H groups in total. The molecule has 3 rings (SSSR count). The molecule has 1 fully saturated rings. The van der Waals surface area contributed by atoms with Gasteiger partial charge in [-0.25, -0.2) is 9.78 Å². The van der Waals surface area contributed by atoms with E-state index in [1.54, 1.807) is 29.2 Å². The van der Waals surface area contributed by atoms with Crippen LogP contribution in [0.1, 0.15) is 24.8 Å². The zero-order valence-corrected chi connectivity index (χ0v) is 13.9. The Morgan fingerprint density at radius 1 is 1.04 bits per heavy atom. The summed E-state index contributed by atoms with van der Waals surface area (Å²) in [6.07, 6.45) is -0.907. The van der Waals surface area contributed by atoms with Crippen LogP contribution < -0.4 is 10.1 Å². The molecule has 0 bridgehead atoms. The number of hydrogen-bond acceptors (Lipinski definition) is 4. The lowest BCUT2D eigenvalue weighted by Gasteiger charge is -2.25. The first kappa shape index (κ1) is 18.0. The summed E-state index contributed by atoms with van der Waals surface area (Å²) >= 11 is 0. The van der Waals surface area contributed by atoms with Crippen molar-refractivity contribution in [1.82, 2.24) is 9.88 Å². The summed E-state index contributed by atoms with van der Waals surface area (Å²) in [5.74, 6) is 0.697. The minimum absolute atomic E-state index is 0.288. The molecule has 2 heterocycles. The Labute approximate surface area is 148 Å². The van der Waals surface area contributed by atoms with Crippen LogP contribution in [0.3, 0.4) is 0 Å². The van der Waals surface area contributed by atoms with Crippen molar-refractivity contribution in [2.75, 3.05) is 18.4 Å². The van der Waals surface area contributed by atoms with Gasteiger partial charge in [0.15, 0.2) is 0 Å². The predicted octanol–water partition coefficient (Wildman–Crippen LogP) is 4.83. The van der Waals surface area contributed by atoms with Crippen LogP contribution in [-0.4, -0.2) is 29.1 Å². The zero-order chi connectivity index (χ0) is 18.6. The number of pyridine rings is 1. The minimum Gasteiger partial charge on any atom is -0.410 e. The lowest BCUT2D eigenvalue weighted by Crippen LogP contribution is -2.37. The summed E-state index contributed by atoms with van der Waals surface area (Å²) in [5, 5.41) is 2.90. The molecule has 1 aliphatic rings. The van der Waals surface area contributed by atoms with E-state index in [2.05, 4.69) is 10.3 Å². The SMILES string of the molecule is O=C(Oc1ccc(Nc2ccc(C(F)(F)F)cn2)cc1)N1CCCCC1. The maximum Gasteiger partial charge on any atom is 0.417 e. The lowest BCUT2D eigenvalue weighted by atomic mass is 10.1. The van der Waals surface area contributed by atoms with Crippen LogP contribution in [0.25, 0.3) is 0 Å². The van der Waals surface area contributed by atoms with Gasteiger partial charge in [0.2, 0.25) is 0 Å². The van der Waals surface area contributed by atoms with Crippen LogP contribution in [0.5, 0.6) is 5.75 Å². The number of benzene rings is 1. The first-order valence-corrected chi connectivity index (χ1v) is 8.29. The van der Waals surface area contributed by atoms with Crippen LogP contribution in [0.4, 0.5) is 29.5 Å². The maximum atomic E-state index is 12.5. The van der Waals surface area contributed by atoms with E-state index in [1.807, 2.05) is 0 Å². The number of nitrogens with one attached hydrogen (secondary N) is 1. The van der Waals surface area contributed by atoms with Gasteiger partial charge in [0, 0.05) is 25.0 Å². The standard InChI is InChI=1S/C18H18F3N3O2/c19-18(20,21)13-4-9-16(22-12-13)23-14-5-7-15(8-6-14)26-17(25)24-10-2-1-3-11-24/h4-9,12H,1-3,10-11H2,(H,22,23). The fraction of sp³-hybridized carbons (Fsp3) is 0.333. The van der Waals surface area contributed by atoms with Gasteiger partial charge in [0.1, 0.15) is 11.6 Å². The van der Waals surface area contributed by atoms with Crippen molar-refractivity contribution in [3.63, 3.8) is 0 Å². The summed E-state index contributed by atoms with van der Waals surface area (Å²) in [6.45, 7) is 1.41. The van der Waals surface area contributed by atoms with Gasteiger partial charge in [0.25, 0.3) is 0 Å². The second-order valence-electron chi connectivity index (χ2n) is 5.99. The summed E-state index contributed by atoms with van der Waals surface area (Å²) < 4.78 is 42.9. The molecule has 1 aliphatic heterocycles. The van der Waals surface area contributed by atoms with Crippen molar-refractivity contribution < 1.29 is 22.7 Å². The smallest absolute Gasteiger partial charge is 0.410 e. The van der Waals surface area contributed by atoms with Crippen molar-refractivity contribution in [3.05, 3.63) is 48.2 Å². The van der Waals surface area contributed by atoms with Gasteiger partial charge in [-0.05, 0) is 55.7 Å². The molecule has 0 spiro atoms. The van der Waals surface area contributed by atoms with Crippen molar-refractivity contribution >= 4 is 17.6 Å². The summed E-state index contributed by atoms with van der Waals surface area (Å²) in [6, 6.07) is 8.79. The van der Waals surface area contributed by atoms with Crippen molar-refractivity contribution in [3.8, 4) is 5.75 Å². The maximum absolute atomic E-state index is 12.5. The summed E-state index contributed by atoms with van der Waals surface area (Å²) in [5.41, 5.74) is -0.182. The Morgan fingerprint density at radius 2 is 1.73 bits per heavy atom. The van der Waals surface area contributed by atoms with Crippen LogP contribution in [0.15, 0.2) is 42.6 Å². The predicted molar refractivity (Wildman–Crippen MR) is 90.4 cm³/mol. The van der Waals surface area contributed by atoms with Gasteiger partial charge in [-0.1, -0.05) is 0 Å². The highest BCUT2D eigenvalue weighted by Crippen LogP contribution is 2.29. The number of nitrogens with zero attached hydrogens (tertiary/aromatic N) is 2. The van der Waals surface area contributed by atoms with E-state index in [1.165, 1.54) is 6.07 Å². The normalized spacial score (nSPS) is 14.8. The molecule has 8 heteroatoms. The third-order valence-corrected chi connectivity index (χ3v) is 4.04. The van der Waals surface area contributed by atoms with Gasteiger partial charge in [-0.2, -0.15) is 13.2 Å². The molecule has 0 unspecified atom stereocenters. The third-order valence-electron chi connectivity index (χ3n) is 4.04. The number of hydrogen-bond donors (Lipinski definition) is 1. The Balaban J connectivity index is 1.58. The Kier molecular flexibility index (Phi) is 5.29. The molecule has 2 aromatic rings. The monoisotopic (exact) mass is 365 g/mol. The Bertz CT molecular complexity index is 740. The van der Waals surface area contributed by atoms with Crippen molar-refractivity contribution in [2.45, 2.75) is 25.4 Å². The molecule has 1 aromatic carbocycles. The molecule has 0 aliphatic carbocycles. The molecular formula is C18H18F3N3O2. The number of anilines is 2. The van der Waals surface area contributed by atoms with E-state index in [4.69, 9.17) is 4.74 Å². The number of likely N-dealkylation sites (tertiary alicyclic amines) is 1. The largest absolute Gasteiger partial charge is 0.417 e. The summed E-state index contributed by atoms with van der Waals surface area (Å²) in [7, 11) is 0. The highest BCUT2D eigenvalue weighted by molar-refractivity contribution is 5.71. The Morgan fingerprint density at radius 3 is 2.31 bits per heavy atom. The van der Waals surface area contributed by atoms with Crippen molar-refractivity contribution in [2.24, 2.45) is 0 Å². The second-order valence-corrected chi connectivity index (χ2v) is 5.99. The van der Waals surface area contributed by atoms with Gasteiger partial charge in [0.05, 0.1) is 5.56 Å². The number of carbonyl (C=O) groups excluding carboxylic acids is 1. The van der Waals surface area contributed by atoms with Gasteiger partial charge in [-0.3, -0.25) is 0 Å². The number of carbonyl (C=O) groups is 1. The van der Waals surface area contributed by atoms with Gasteiger partial charge in [-0.15, -0.1) is 0 Å². The fourth-order valence-corrected chi connectivity index (χ4v) is 2.63. The first-order chi connectivity index (χ1) is 12.4. The first-order valence-electron chi connectivity index (χ1n) is 8.29. The molecule has 0 atom stereocenters. The van der Waals surface area contributed by atoms with Gasteiger partial charge < -0.3 is 15.0 Å². The topological polar surface area (TPSA) is 54.5 Å². The van der Waals surface area contributed by atoms with Crippen LogP contribution >= 0.6 is 0 Å². The van der Waals surface area contributed by atoms with E-state index in [9.17, 15) is 18.0 Å². The van der Waals surface area contributed by atoms with Gasteiger partial charge >= 0.3 is 12.3 Å². The molecule has 138 valence electrons. The number of ether oxygens (including phenoxy) is 1. The number of alkyl halides is 3. The van der Waals surface area contributed by atoms with E-state index in [0.717, 1.165) is 31.5 Å². The van der Waals surface area contributed by atoms with E-state index < -0.39 is 11.7 Å². The van der Waals surface area contributed by atoms with Crippen LogP contribution in [0.2, 0.25) is 0 Å². The number of amides is 1. The third kappa shape index (κ3) is 4.65. The number of halogens is 3. The molecule has 5 nitrogen and oxygen atoms in total. The minimum atomic E-state index is -4.41. The fourth-order valence-electron chi connectivity index (χ4n) is 2.63. The number of aromatic nitrogens is 1. The van der Waals surface area contributed by atoms with Crippen LogP contribution in [0, 0.1) is 0 Å². The zero-order valence-electron chi connectivity index (χ0n) is 13.9. The van der Waals surface area contributed by atoms with Crippen molar-refractivity contribution in [1.29, 1.82) is 0 Å². The number of piperidine rings is 1. The lowest BCUT2D eigenvalue weighted by molar-refractivity contribution is -0.137. The highest BCUT2D eigenvalue weighted by Gasteiger charge is 2.30. The molecule has 0 radical (unpaired) electrons. The van der Waals surface area contributed by atoms with E-state index in [-0.39, 0.29) is 11.9 Å². The molecule has 1 aromatic heterocycles. The number of rotatable bonds is 3. The van der Waals surface area contributed by atoms with E-state index >= 15 is 0 Å². The molecule has 1 amide bonds. The second kappa shape index (κ2) is 7.63. The molecular weight excluding hydrogens is 347 g/mol. The average molecular weight is 365 g/mol. The molecule has 1 saturated heterocycles. The molecule has 26 heavy (non-hydrogen) atoms.